The van der Waals surface area contributed by atoms with Gasteiger partial charge in [0.25, 0.3) is 11.8 Å². The van der Waals surface area contributed by atoms with E-state index in [1.54, 1.807) is 0 Å². The molecule has 0 spiro atoms. The lowest BCUT2D eigenvalue weighted by Gasteiger charge is -2.08. The fourth-order valence-electron chi connectivity index (χ4n) is 1.85. The molecule has 2 rings (SSSR count). The van der Waals surface area contributed by atoms with Crippen molar-refractivity contribution in [1.82, 2.24) is 10.4 Å². The van der Waals surface area contributed by atoms with E-state index >= 15 is 0 Å². The number of hydrogen-bond donors (Lipinski definition) is 2. The van der Waals surface area contributed by atoms with Gasteiger partial charge in [-0.05, 0) is 18.2 Å². The van der Waals surface area contributed by atoms with Crippen molar-refractivity contribution in [2.24, 2.45) is 5.92 Å². The van der Waals surface area contributed by atoms with E-state index < -0.39 is 23.6 Å². The van der Waals surface area contributed by atoms with E-state index in [-0.39, 0.29) is 6.42 Å². The van der Waals surface area contributed by atoms with Crippen molar-refractivity contribution in [1.29, 1.82) is 0 Å². The van der Waals surface area contributed by atoms with Gasteiger partial charge in [-0.15, -0.1) is 0 Å². The van der Waals surface area contributed by atoms with Gasteiger partial charge >= 0.3 is 0 Å². The molecule has 0 radical (unpaired) electrons. The second-order valence-electron chi connectivity index (χ2n) is 4.34. The van der Waals surface area contributed by atoms with Crippen LogP contribution in [-0.2, 0) is 14.4 Å². The molecule has 1 aliphatic heterocycles. The van der Waals surface area contributed by atoms with E-state index in [1.807, 2.05) is 0 Å². The highest BCUT2D eigenvalue weighted by atomic mass is 35.5. The summed E-state index contributed by atoms with van der Waals surface area (Å²) < 4.78 is 0. The van der Waals surface area contributed by atoms with Crippen LogP contribution in [0.25, 0.3) is 0 Å². The lowest BCUT2D eigenvalue weighted by atomic mass is 10.0. The first-order valence-electron chi connectivity index (χ1n) is 5.71. The average molecular weight is 316 g/mol. The molecule has 8 heteroatoms. The van der Waals surface area contributed by atoms with Gasteiger partial charge in [0.1, 0.15) is 5.92 Å². The molecule has 0 aliphatic carbocycles. The third-order valence-corrected chi connectivity index (χ3v) is 3.20. The first kappa shape index (κ1) is 14.6. The minimum atomic E-state index is -1.00. The van der Waals surface area contributed by atoms with Crippen LogP contribution in [0.3, 0.4) is 0 Å². The van der Waals surface area contributed by atoms with Crippen LogP contribution in [0.15, 0.2) is 18.2 Å². The number of anilines is 1. The number of halogens is 2. The van der Waals surface area contributed by atoms with Crippen LogP contribution < -0.4 is 10.7 Å². The van der Waals surface area contributed by atoms with Crippen molar-refractivity contribution in [3.05, 3.63) is 28.2 Å². The summed E-state index contributed by atoms with van der Waals surface area (Å²) in [4.78, 5) is 35.0. The Kier molecular flexibility index (Phi) is 4.15. The molecule has 1 saturated heterocycles. The van der Waals surface area contributed by atoms with Crippen molar-refractivity contribution in [3.63, 3.8) is 0 Å². The van der Waals surface area contributed by atoms with Gasteiger partial charge in [0.15, 0.2) is 0 Å². The van der Waals surface area contributed by atoms with Crippen LogP contribution in [-0.4, -0.2) is 29.8 Å². The van der Waals surface area contributed by atoms with E-state index in [0.717, 1.165) is 5.01 Å². The van der Waals surface area contributed by atoms with Gasteiger partial charge in [0, 0.05) is 29.2 Å². The van der Waals surface area contributed by atoms with Gasteiger partial charge < -0.3 is 5.32 Å². The molecule has 1 heterocycles. The van der Waals surface area contributed by atoms with Crippen LogP contribution in [0.1, 0.15) is 6.42 Å². The van der Waals surface area contributed by atoms with Gasteiger partial charge in [-0.1, -0.05) is 23.2 Å². The summed E-state index contributed by atoms with van der Waals surface area (Å²) in [5.41, 5.74) is 2.74. The summed E-state index contributed by atoms with van der Waals surface area (Å²) in [7, 11) is 1.43. The molecule has 20 heavy (non-hydrogen) atoms. The van der Waals surface area contributed by atoms with Gasteiger partial charge in [0.05, 0.1) is 0 Å². The molecule has 106 valence electrons. The van der Waals surface area contributed by atoms with E-state index in [9.17, 15) is 14.4 Å². The molecule has 1 aliphatic rings. The second kappa shape index (κ2) is 5.68. The second-order valence-corrected chi connectivity index (χ2v) is 5.21. The zero-order valence-electron chi connectivity index (χ0n) is 10.4. The summed E-state index contributed by atoms with van der Waals surface area (Å²) >= 11 is 11.6. The number of rotatable bonds is 3. The number of carbonyl (C=O) groups is 3. The summed E-state index contributed by atoms with van der Waals surface area (Å²) in [5, 5.41) is 4.37. The number of nitrogens with zero attached hydrogens (tertiary/aromatic N) is 1. The van der Waals surface area contributed by atoms with Gasteiger partial charge in [0.2, 0.25) is 5.91 Å². The number of hydrazine groups is 1. The molecule has 0 bridgehead atoms. The molecule has 0 saturated carbocycles. The highest BCUT2D eigenvalue weighted by molar-refractivity contribution is 6.35. The Morgan fingerprint density at radius 1 is 1.30 bits per heavy atom. The molecular weight excluding hydrogens is 305 g/mol. The van der Waals surface area contributed by atoms with Crippen LogP contribution in [0.4, 0.5) is 5.69 Å². The van der Waals surface area contributed by atoms with Gasteiger partial charge in [-0.25, -0.2) is 0 Å². The third-order valence-electron chi connectivity index (χ3n) is 2.76. The number of amides is 3. The maximum atomic E-state index is 11.8. The topological polar surface area (TPSA) is 78.5 Å². The summed E-state index contributed by atoms with van der Waals surface area (Å²) in [6, 6.07) is 4.57. The van der Waals surface area contributed by atoms with Crippen molar-refractivity contribution >= 4 is 46.6 Å². The van der Waals surface area contributed by atoms with Crippen molar-refractivity contribution in [3.8, 4) is 0 Å². The van der Waals surface area contributed by atoms with Crippen LogP contribution in [0, 0.1) is 5.92 Å². The van der Waals surface area contributed by atoms with E-state index in [2.05, 4.69) is 10.7 Å². The number of hydrogen-bond acceptors (Lipinski definition) is 3. The summed E-state index contributed by atoms with van der Waals surface area (Å²) in [6.07, 6.45) is -0.237. The zero-order chi connectivity index (χ0) is 14.9. The lowest BCUT2D eigenvalue weighted by Crippen LogP contribution is -2.31. The number of nitrogens with one attached hydrogen (secondary N) is 2. The lowest BCUT2D eigenvalue weighted by molar-refractivity contribution is -0.134. The van der Waals surface area contributed by atoms with Crippen LogP contribution in [0.5, 0.6) is 0 Å². The third kappa shape index (κ3) is 3.20. The monoisotopic (exact) mass is 315 g/mol. The zero-order valence-corrected chi connectivity index (χ0v) is 12.0. The Labute approximate surface area is 125 Å². The predicted molar refractivity (Wildman–Crippen MR) is 74.1 cm³/mol. The fourth-order valence-corrected chi connectivity index (χ4v) is 2.37. The Bertz CT molecular complexity index is 571. The molecule has 1 fully saturated rings. The van der Waals surface area contributed by atoms with Gasteiger partial charge in [-0.2, -0.15) is 0 Å². The molecule has 3 amide bonds. The molecular formula is C12H11Cl2N3O3. The van der Waals surface area contributed by atoms with Crippen molar-refractivity contribution < 1.29 is 14.4 Å². The van der Waals surface area contributed by atoms with E-state index in [4.69, 9.17) is 23.2 Å². The Hall–Kier alpha value is -1.79. The minimum absolute atomic E-state index is 0.237. The molecule has 1 aromatic rings. The normalized spacial score (nSPS) is 18.1. The minimum Gasteiger partial charge on any atom is -0.326 e. The summed E-state index contributed by atoms with van der Waals surface area (Å²) in [5.74, 6) is -2.40. The van der Waals surface area contributed by atoms with Crippen molar-refractivity contribution in [2.75, 3.05) is 12.4 Å². The SMILES string of the molecule is CN1NC(=O)C(CC(=O)Nc2cc(Cl)cc(Cl)c2)C1=O. The largest absolute Gasteiger partial charge is 0.326 e. The maximum Gasteiger partial charge on any atom is 0.253 e. The molecule has 0 aromatic heterocycles. The first-order valence-corrected chi connectivity index (χ1v) is 6.46. The Morgan fingerprint density at radius 3 is 2.40 bits per heavy atom. The quantitative estimate of drug-likeness (QED) is 0.828. The maximum absolute atomic E-state index is 11.8. The Morgan fingerprint density at radius 2 is 1.90 bits per heavy atom. The standard InChI is InChI=1S/C12H11Cl2N3O3/c1-17-12(20)9(11(19)16-17)5-10(18)15-8-3-6(13)2-7(14)4-8/h2-4,9H,5H2,1H3,(H,15,18)(H,16,19). The number of carbonyl (C=O) groups excluding carboxylic acids is 3. The summed E-state index contributed by atoms with van der Waals surface area (Å²) in [6.45, 7) is 0. The predicted octanol–water partition coefficient (Wildman–Crippen LogP) is 1.44. The molecule has 6 nitrogen and oxygen atoms in total. The highest BCUT2D eigenvalue weighted by Gasteiger charge is 2.38. The number of benzene rings is 1. The smallest absolute Gasteiger partial charge is 0.253 e. The first-order chi connectivity index (χ1) is 9.36. The fraction of sp³-hybridized carbons (Fsp3) is 0.250. The van der Waals surface area contributed by atoms with E-state index in [0.29, 0.717) is 15.7 Å². The van der Waals surface area contributed by atoms with Crippen molar-refractivity contribution in [2.45, 2.75) is 6.42 Å². The molecule has 1 aromatic carbocycles. The van der Waals surface area contributed by atoms with E-state index in [1.165, 1.54) is 25.2 Å². The Balaban J connectivity index is 2.02. The molecule has 2 N–H and O–H groups in total. The van der Waals surface area contributed by atoms with Crippen LogP contribution in [0.2, 0.25) is 10.0 Å². The highest BCUT2D eigenvalue weighted by Crippen LogP contribution is 2.23. The molecule has 1 atom stereocenters. The molecule has 1 unspecified atom stereocenters. The van der Waals surface area contributed by atoms with Crippen LogP contribution >= 0.6 is 23.2 Å². The van der Waals surface area contributed by atoms with Gasteiger partial charge in [-0.3, -0.25) is 24.8 Å². The average Bonchev–Trinajstić information content (AvgIpc) is 2.54.